The van der Waals surface area contributed by atoms with Crippen molar-refractivity contribution >= 4 is 21.4 Å². The van der Waals surface area contributed by atoms with E-state index in [1.54, 1.807) is 0 Å². The third-order valence-corrected chi connectivity index (χ3v) is 4.99. The van der Waals surface area contributed by atoms with E-state index in [4.69, 9.17) is 0 Å². The average Bonchev–Trinajstić information content (AvgIpc) is 3.08. The van der Waals surface area contributed by atoms with E-state index in [0.717, 1.165) is 12.8 Å². The van der Waals surface area contributed by atoms with Gasteiger partial charge in [-0.05, 0) is 42.3 Å². The molecule has 0 aliphatic heterocycles. The Labute approximate surface area is 129 Å². The second-order valence-corrected chi connectivity index (χ2v) is 6.27. The molecule has 3 nitrogen and oxygen atoms in total. The summed E-state index contributed by atoms with van der Waals surface area (Å²) in [6.45, 7) is 2.17. The monoisotopic (exact) mass is 299 g/mol. The minimum absolute atomic E-state index is 0.312. The van der Waals surface area contributed by atoms with Crippen LogP contribution < -0.4 is 5.32 Å². The Balaban J connectivity index is 1.94. The molecule has 0 bridgehead atoms. The third kappa shape index (κ3) is 2.74. The first-order chi connectivity index (χ1) is 10.2. The van der Waals surface area contributed by atoms with Crippen LogP contribution in [-0.4, -0.2) is 16.8 Å². The van der Waals surface area contributed by atoms with Crippen molar-refractivity contribution in [3.05, 3.63) is 52.7 Å². The van der Waals surface area contributed by atoms with E-state index in [9.17, 15) is 0 Å². The van der Waals surface area contributed by atoms with E-state index in [-0.39, 0.29) is 0 Å². The number of hydrogen-bond acceptors (Lipinski definition) is 3. The Kier molecular flexibility index (Phi) is 4.08. The summed E-state index contributed by atoms with van der Waals surface area (Å²) in [5, 5.41) is 11.7. The second-order valence-electron chi connectivity index (χ2n) is 5.36. The Morgan fingerprint density at radius 2 is 2.14 bits per heavy atom. The topological polar surface area (TPSA) is 29.9 Å². The zero-order chi connectivity index (χ0) is 14.8. The SMILES string of the molecule is CCc1nn(C)cc1C(Cc1csc2ccccc12)NC. The van der Waals surface area contributed by atoms with Gasteiger partial charge in [0.1, 0.15) is 0 Å². The summed E-state index contributed by atoms with van der Waals surface area (Å²) in [5.74, 6) is 0. The highest BCUT2D eigenvalue weighted by Gasteiger charge is 2.18. The van der Waals surface area contributed by atoms with Crippen molar-refractivity contribution in [2.75, 3.05) is 7.05 Å². The van der Waals surface area contributed by atoms with Crippen LogP contribution in [0, 0.1) is 0 Å². The molecular formula is C17H21N3S. The van der Waals surface area contributed by atoms with Gasteiger partial charge in [-0.2, -0.15) is 5.10 Å². The number of hydrogen-bond donors (Lipinski definition) is 1. The van der Waals surface area contributed by atoms with Crippen LogP contribution in [0.5, 0.6) is 0 Å². The molecule has 0 aliphatic carbocycles. The van der Waals surface area contributed by atoms with E-state index in [1.165, 1.54) is 26.9 Å². The maximum Gasteiger partial charge on any atom is 0.0669 e. The van der Waals surface area contributed by atoms with Crippen LogP contribution in [0.4, 0.5) is 0 Å². The molecule has 1 N–H and O–H groups in total. The van der Waals surface area contributed by atoms with E-state index in [1.807, 2.05) is 30.1 Å². The molecule has 2 heterocycles. The van der Waals surface area contributed by atoms with Crippen molar-refractivity contribution in [2.24, 2.45) is 7.05 Å². The van der Waals surface area contributed by atoms with Gasteiger partial charge in [-0.25, -0.2) is 0 Å². The molecule has 3 aromatic rings. The van der Waals surface area contributed by atoms with Gasteiger partial charge in [0.15, 0.2) is 0 Å². The van der Waals surface area contributed by atoms with Crippen molar-refractivity contribution in [1.82, 2.24) is 15.1 Å². The molecule has 0 aliphatic rings. The molecule has 0 radical (unpaired) electrons. The van der Waals surface area contributed by atoms with Crippen molar-refractivity contribution in [2.45, 2.75) is 25.8 Å². The van der Waals surface area contributed by atoms with Crippen LogP contribution in [0.3, 0.4) is 0 Å². The molecular weight excluding hydrogens is 278 g/mol. The number of nitrogens with one attached hydrogen (secondary N) is 1. The van der Waals surface area contributed by atoms with E-state index in [0.29, 0.717) is 6.04 Å². The lowest BCUT2D eigenvalue weighted by Gasteiger charge is -2.15. The lowest BCUT2D eigenvalue weighted by atomic mass is 9.98. The largest absolute Gasteiger partial charge is 0.313 e. The van der Waals surface area contributed by atoms with Gasteiger partial charge in [0.2, 0.25) is 0 Å². The van der Waals surface area contributed by atoms with E-state index in [2.05, 4.69) is 53.2 Å². The van der Waals surface area contributed by atoms with Crippen LogP contribution in [0.15, 0.2) is 35.8 Å². The van der Waals surface area contributed by atoms with Gasteiger partial charge >= 0.3 is 0 Å². The van der Waals surface area contributed by atoms with Crippen LogP contribution >= 0.6 is 11.3 Å². The van der Waals surface area contributed by atoms with Crippen LogP contribution in [0.2, 0.25) is 0 Å². The van der Waals surface area contributed by atoms with Crippen molar-refractivity contribution in [1.29, 1.82) is 0 Å². The molecule has 1 aromatic carbocycles. The predicted molar refractivity (Wildman–Crippen MR) is 89.9 cm³/mol. The molecule has 4 heteroatoms. The molecule has 110 valence electrons. The van der Waals surface area contributed by atoms with Crippen molar-refractivity contribution in [3.8, 4) is 0 Å². The number of aryl methyl sites for hydroxylation is 2. The number of rotatable bonds is 5. The maximum absolute atomic E-state index is 4.57. The number of benzene rings is 1. The fourth-order valence-electron chi connectivity index (χ4n) is 2.90. The Morgan fingerprint density at radius 1 is 1.33 bits per heavy atom. The Bertz CT molecular complexity index is 741. The summed E-state index contributed by atoms with van der Waals surface area (Å²) in [4.78, 5) is 0. The molecule has 0 saturated heterocycles. The zero-order valence-corrected chi connectivity index (χ0v) is 13.6. The molecule has 0 spiro atoms. The number of likely N-dealkylation sites (N-methyl/N-ethyl adjacent to an activating group) is 1. The summed E-state index contributed by atoms with van der Waals surface area (Å²) in [5.41, 5.74) is 3.93. The molecule has 0 saturated carbocycles. The van der Waals surface area contributed by atoms with Gasteiger partial charge in [0, 0.05) is 29.5 Å². The number of aromatic nitrogens is 2. The summed E-state index contributed by atoms with van der Waals surface area (Å²) in [7, 11) is 4.03. The predicted octanol–water partition coefficient (Wildman–Crippen LogP) is 3.70. The molecule has 2 aromatic heterocycles. The summed E-state index contributed by atoms with van der Waals surface area (Å²) in [6.07, 6.45) is 4.12. The summed E-state index contributed by atoms with van der Waals surface area (Å²) < 4.78 is 3.29. The fourth-order valence-corrected chi connectivity index (χ4v) is 3.87. The number of nitrogens with zero attached hydrogens (tertiary/aromatic N) is 2. The second kappa shape index (κ2) is 6.00. The average molecular weight is 299 g/mol. The van der Waals surface area contributed by atoms with Crippen LogP contribution in [-0.2, 0) is 19.9 Å². The highest BCUT2D eigenvalue weighted by atomic mass is 32.1. The maximum atomic E-state index is 4.57. The zero-order valence-electron chi connectivity index (χ0n) is 12.8. The van der Waals surface area contributed by atoms with Gasteiger partial charge in [0.25, 0.3) is 0 Å². The molecule has 1 unspecified atom stereocenters. The van der Waals surface area contributed by atoms with Crippen LogP contribution in [0.25, 0.3) is 10.1 Å². The summed E-state index contributed by atoms with van der Waals surface area (Å²) in [6, 6.07) is 8.95. The van der Waals surface area contributed by atoms with E-state index < -0.39 is 0 Å². The highest BCUT2D eigenvalue weighted by Crippen LogP contribution is 2.30. The fraction of sp³-hybridized carbons (Fsp3) is 0.353. The van der Waals surface area contributed by atoms with Gasteiger partial charge in [-0.3, -0.25) is 4.68 Å². The smallest absolute Gasteiger partial charge is 0.0669 e. The van der Waals surface area contributed by atoms with Gasteiger partial charge in [0.05, 0.1) is 5.69 Å². The van der Waals surface area contributed by atoms with Crippen LogP contribution in [0.1, 0.15) is 29.8 Å². The first-order valence-electron chi connectivity index (χ1n) is 7.37. The van der Waals surface area contributed by atoms with Gasteiger partial charge in [-0.1, -0.05) is 25.1 Å². The minimum Gasteiger partial charge on any atom is -0.313 e. The lowest BCUT2D eigenvalue weighted by Crippen LogP contribution is -2.19. The molecule has 0 fully saturated rings. The quantitative estimate of drug-likeness (QED) is 0.778. The minimum atomic E-state index is 0.312. The molecule has 3 rings (SSSR count). The summed E-state index contributed by atoms with van der Waals surface area (Å²) >= 11 is 1.83. The Hall–Kier alpha value is -1.65. The standard InChI is InChI=1S/C17H21N3S/c1-4-15-14(10-20(3)19-15)16(18-2)9-12-11-21-17-8-6-5-7-13(12)17/h5-8,10-11,16,18H,4,9H2,1-3H3. The van der Waals surface area contributed by atoms with Gasteiger partial charge in [-0.15, -0.1) is 11.3 Å². The van der Waals surface area contributed by atoms with Crippen molar-refractivity contribution < 1.29 is 0 Å². The normalized spacial score (nSPS) is 12.9. The Morgan fingerprint density at radius 3 is 2.90 bits per heavy atom. The van der Waals surface area contributed by atoms with E-state index >= 15 is 0 Å². The molecule has 1 atom stereocenters. The number of thiophene rings is 1. The lowest BCUT2D eigenvalue weighted by molar-refractivity contribution is 0.589. The molecule has 21 heavy (non-hydrogen) atoms. The number of fused-ring (bicyclic) bond motifs is 1. The first kappa shape index (κ1) is 14.3. The third-order valence-electron chi connectivity index (χ3n) is 3.98. The van der Waals surface area contributed by atoms with Gasteiger partial charge < -0.3 is 5.32 Å². The molecule has 0 amide bonds. The highest BCUT2D eigenvalue weighted by molar-refractivity contribution is 7.17. The first-order valence-corrected chi connectivity index (χ1v) is 8.25. The van der Waals surface area contributed by atoms with Crippen molar-refractivity contribution in [3.63, 3.8) is 0 Å².